The van der Waals surface area contributed by atoms with Crippen LogP contribution in [0.15, 0.2) is 61.1 Å². The van der Waals surface area contributed by atoms with Crippen LogP contribution in [-0.2, 0) is 11.4 Å². The minimum Gasteiger partial charge on any atom is -0.497 e. The van der Waals surface area contributed by atoms with Gasteiger partial charge in [-0.3, -0.25) is 4.79 Å². The number of carboxylic acid groups (broad SMARTS) is 1. The predicted octanol–water partition coefficient (Wildman–Crippen LogP) is 4.87. The van der Waals surface area contributed by atoms with Crippen LogP contribution in [0.25, 0.3) is 16.8 Å². The third kappa shape index (κ3) is 5.02. The average Bonchev–Trinajstić information content (AvgIpc) is 3.31. The van der Waals surface area contributed by atoms with Gasteiger partial charge in [-0.2, -0.15) is 5.10 Å². The molecule has 0 saturated carbocycles. The molecule has 1 N–H and O–H groups in total. The fourth-order valence-electron chi connectivity index (χ4n) is 3.89. The zero-order valence-corrected chi connectivity index (χ0v) is 19.3. The Morgan fingerprint density at radius 1 is 1.15 bits per heavy atom. The Morgan fingerprint density at radius 2 is 1.91 bits per heavy atom. The first-order valence-electron chi connectivity index (χ1n) is 10.8. The number of hydrogen-bond acceptors (Lipinski definition) is 5. The average molecular weight is 456 g/mol. The number of ether oxygens (including phenoxy) is 2. The Morgan fingerprint density at radius 3 is 2.59 bits per heavy atom. The van der Waals surface area contributed by atoms with Gasteiger partial charge in [0.05, 0.1) is 19.4 Å². The molecule has 2 aromatic heterocycles. The molecule has 172 valence electrons. The second kappa shape index (κ2) is 10.1. The summed E-state index contributed by atoms with van der Waals surface area (Å²) in [6.07, 6.45) is 3.44. The summed E-state index contributed by atoms with van der Waals surface area (Å²) in [5.74, 6) is 6.03. The lowest BCUT2D eigenvalue weighted by Crippen LogP contribution is -2.05. The molecule has 0 fully saturated rings. The van der Waals surface area contributed by atoms with Gasteiger partial charge >= 0.3 is 5.97 Å². The largest absolute Gasteiger partial charge is 0.497 e. The van der Waals surface area contributed by atoms with Crippen molar-refractivity contribution < 1.29 is 19.4 Å². The number of pyridine rings is 1. The van der Waals surface area contributed by atoms with E-state index in [-0.39, 0.29) is 12.3 Å². The van der Waals surface area contributed by atoms with E-state index in [0.29, 0.717) is 12.4 Å². The summed E-state index contributed by atoms with van der Waals surface area (Å²) in [6, 6.07) is 15.4. The Kier molecular flexibility index (Phi) is 6.79. The summed E-state index contributed by atoms with van der Waals surface area (Å²) < 4.78 is 13.1. The first-order chi connectivity index (χ1) is 16.5. The lowest BCUT2D eigenvalue weighted by atomic mass is 9.96. The number of carboxylic acids is 1. The second-order valence-electron chi connectivity index (χ2n) is 7.87. The smallest absolute Gasteiger partial charge is 0.304 e. The molecular formula is C27H25N3O4. The highest BCUT2D eigenvalue weighted by Crippen LogP contribution is 2.29. The molecule has 4 aromatic rings. The van der Waals surface area contributed by atoms with Crippen LogP contribution in [0.4, 0.5) is 0 Å². The van der Waals surface area contributed by atoms with E-state index in [0.717, 1.165) is 39.2 Å². The monoisotopic (exact) mass is 455 g/mol. The van der Waals surface area contributed by atoms with Gasteiger partial charge in [-0.1, -0.05) is 24.1 Å². The minimum atomic E-state index is -0.877. The molecule has 7 heteroatoms. The number of aliphatic carboxylic acids is 1. The summed E-state index contributed by atoms with van der Waals surface area (Å²) >= 11 is 0. The number of methoxy groups -OCH3 is 1. The molecule has 0 aliphatic heterocycles. The third-order valence-electron chi connectivity index (χ3n) is 5.57. The van der Waals surface area contributed by atoms with Gasteiger partial charge in [-0.05, 0) is 60.9 Å². The Labute approximate surface area is 198 Å². The molecule has 0 radical (unpaired) electrons. The van der Waals surface area contributed by atoms with E-state index in [1.54, 1.807) is 18.5 Å². The molecule has 0 bridgehead atoms. The Balaban J connectivity index is 1.57. The summed E-state index contributed by atoms with van der Waals surface area (Å²) in [6.45, 7) is 4.05. The van der Waals surface area contributed by atoms with E-state index < -0.39 is 5.97 Å². The van der Waals surface area contributed by atoms with E-state index >= 15 is 0 Å². The van der Waals surface area contributed by atoms with Crippen molar-refractivity contribution in [1.82, 2.24) is 14.6 Å². The summed E-state index contributed by atoms with van der Waals surface area (Å²) in [5, 5.41) is 13.5. The van der Waals surface area contributed by atoms with Crippen molar-refractivity contribution >= 4 is 11.6 Å². The van der Waals surface area contributed by atoms with Gasteiger partial charge in [0.25, 0.3) is 0 Å². The number of aryl methyl sites for hydroxylation is 1. The highest BCUT2D eigenvalue weighted by molar-refractivity contribution is 5.70. The quantitative estimate of drug-likeness (QED) is 0.382. The lowest BCUT2D eigenvalue weighted by Gasteiger charge is -2.13. The minimum absolute atomic E-state index is 0.0382. The van der Waals surface area contributed by atoms with Crippen LogP contribution in [0, 0.1) is 18.8 Å². The highest BCUT2D eigenvalue weighted by atomic mass is 16.5. The number of carbonyl (C=O) groups is 1. The molecule has 2 aromatic carbocycles. The maximum Gasteiger partial charge on any atom is 0.304 e. The first kappa shape index (κ1) is 22.9. The van der Waals surface area contributed by atoms with Crippen LogP contribution in [0.2, 0.25) is 0 Å². The number of aromatic nitrogens is 3. The van der Waals surface area contributed by atoms with Crippen LogP contribution in [0.3, 0.4) is 0 Å². The van der Waals surface area contributed by atoms with Crippen molar-refractivity contribution in [2.24, 2.45) is 0 Å². The van der Waals surface area contributed by atoms with E-state index in [2.05, 4.69) is 28.0 Å². The molecule has 1 atom stereocenters. The molecule has 0 aliphatic rings. The normalized spacial score (nSPS) is 11.5. The predicted molar refractivity (Wildman–Crippen MR) is 129 cm³/mol. The zero-order valence-electron chi connectivity index (χ0n) is 19.3. The van der Waals surface area contributed by atoms with Gasteiger partial charge in [0.15, 0.2) is 5.65 Å². The highest BCUT2D eigenvalue weighted by Gasteiger charge is 2.14. The van der Waals surface area contributed by atoms with Crippen molar-refractivity contribution in [2.45, 2.75) is 32.8 Å². The summed E-state index contributed by atoms with van der Waals surface area (Å²) in [4.78, 5) is 15.5. The van der Waals surface area contributed by atoms with Gasteiger partial charge in [0.2, 0.25) is 0 Å². The van der Waals surface area contributed by atoms with Crippen LogP contribution in [0.1, 0.15) is 36.0 Å². The number of nitrogens with zero attached hydrogens (tertiary/aromatic N) is 3. The second-order valence-corrected chi connectivity index (χ2v) is 7.87. The molecule has 0 aliphatic carbocycles. The van der Waals surface area contributed by atoms with Crippen molar-refractivity contribution in [3.8, 4) is 34.5 Å². The molecule has 7 nitrogen and oxygen atoms in total. The number of fused-ring (bicyclic) bond motifs is 1. The van der Waals surface area contributed by atoms with Gasteiger partial charge in [-0.15, -0.1) is 5.92 Å². The Bertz CT molecular complexity index is 1380. The van der Waals surface area contributed by atoms with E-state index in [1.165, 1.54) is 6.33 Å². The van der Waals surface area contributed by atoms with Crippen LogP contribution in [-0.4, -0.2) is 32.8 Å². The van der Waals surface area contributed by atoms with Gasteiger partial charge in [0, 0.05) is 17.3 Å². The van der Waals surface area contributed by atoms with Crippen LogP contribution < -0.4 is 9.47 Å². The molecule has 0 saturated heterocycles. The third-order valence-corrected chi connectivity index (χ3v) is 5.57. The number of rotatable bonds is 8. The Hall–Kier alpha value is -4.31. The van der Waals surface area contributed by atoms with E-state index in [9.17, 15) is 4.79 Å². The molecule has 4 rings (SSSR count). The van der Waals surface area contributed by atoms with Gasteiger partial charge < -0.3 is 14.6 Å². The topological polar surface area (TPSA) is 86.0 Å². The fraction of sp³-hybridized carbons (Fsp3) is 0.222. The molecule has 1 unspecified atom stereocenters. The summed E-state index contributed by atoms with van der Waals surface area (Å²) in [5.41, 5.74) is 5.64. The van der Waals surface area contributed by atoms with Gasteiger partial charge in [0.1, 0.15) is 24.4 Å². The lowest BCUT2D eigenvalue weighted by molar-refractivity contribution is -0.137. The van der Waals surface area contributed by atoms with Crippen LogP contribution in [0.5, 0.6) is 11.5 Å². The standard InChI is InChI=1S/C27H25N3O4/c1-4-5-20(14-26(31)32)19-6-8-23(9-7-19)34-16-22-13-21(15-30-27(22)28-17-29-30)25-11-10-24(33-3)12-18(25)2/h6-13,15,17,20H,14,16H2,1-3H3,(H,31,32). The van der Waals surface area contributed by atoms with E-state index in [4.69, 9.17) is 14.6 Å². The maximum absolute atomic E-state index is 11.1. The van der Waals surface area contributed by atoms with Crippen LogP contribution >= 0.6 is 0 Å². The molecule has 2 heterocycles. The maximum atomic E-state index is 11.1. The van der Waals surface area contributed by atoms with E-state index in [1.807, 2.05) is 55.6 Å². The zero-order chi connectivity index (χ0) is 24.1. The molecular weight excluding hydrogens is 430 g/mol. The number of hydrogen-bond donors (Lipinski definition) is 1. The van der Waals surface area contributed by atoms with Crippen molar-refractivity contribution in [3.05, 3.63) is 77.7 Å². The molecule has 0 amide bonds. The number of benzene rings is 2. The van der Waals surface area contributed by atoms with Crippen molar-refractivity contribution in [3.63, 3.8) is 0 Å². The summed E-state index contributed by atoms with van der Waals surface area (Å²) in [7, 11) is 1.65. The molecule has 0 spiro atoms. The SMILES string of the molecule is CC#CC(CC(=O)O)c1ccc(OCc2cc(-c3ccc(OC)cc3C)cn3ncnc23)cc1. The fourth-order valence-corrected chi connectivity index (χ4v) is 3.89. The van der Waals surface area contributed by atoms with Crippen molar-refractivity contribution in [2.75, 3.05) is 7.11 Å². The molecule has 34 heavy (non-hydrogen) atoms. The van der Waals surface area contributed by atoms with Gasteiger partial charge in [-0.25, -0.2) is 9.50 Å². The van der Waals surface area contributed by atoms with Crippen molar-refractivity contribution in [1.29, 1.82) is 0 Å². The first-order valence-corrected chi connectivity index (χ1v) is 10.8.